The van der Waals surface area contributed by atoms with E-state index in [1.54, 1.807) is 0 Å². The van der Waals surface area contributed by atoms with Crippen molar-refractivity contribution in [1.29, 1.82) is 0 Å². The first-order chi connectivity index (χ1) is 9.36. The van der Waals surface area contributed by atoms with Crippen LogP contribution >= 0.6 is 23.1 Å². The minimum Gasteiger partial charge on any atom is -0.481 e. The van der Waals surface area contributed by atoms with Gasteiger partial charge in [-0.15, -0.1) is 11.3 Å². The Morgan fingerprint density at radius 1 is 1.30 bits per heavy atom. The fourth-order valence-corrected chi connectivity index (χ4v) is 3.28. The molecule has 0 radical (unpaired) electrons. The summed E-state index contributed by atoms with van der Waals surface area (Å²) in [6.07, 6.45) is 0. The quantitative estimate of drug-likeness (QED) is 0.856. The molecule has 1 heterocycles. The Morgan fingerprint density at radius 2 is 1.95 bits per heavy atom. The van der Waals surface area contributed by atoms with Gasteiger partial charge in [-0.25, -0.2) is 4.98 Å². The number of nitrogens with zero attached hydrogens (tertiary/aromatic N) is 1. The first kappa shape index (κ1) is 15.1. The van der Waals surface area contributed by atoms with E-state index in [1.807, 2.05) is 5.38 Å². The Labute approximate surface area is 127 Å². The van der Waals surface area contributed by atoms with E-state index >= 15 is 0 Å². The maximum atomic E-state index is 10.5. The van der Waals surface area contributed by atoms with Crippen LogP contribution in [0.4, 0.5) is 0 Å². The Hall–Kier alpha value is -1.33. The molecule has 2 aromatic rings. The largest absolute Gasteiger partial charge is 0.481 e. The minimum atomic E-state index is -0.818. The second-order valence-electron chi connectivity index (χ2n) is 5.51. The smallest absolute Gasteiger partial charge is 0.313 e. The molecule has 1 N–H and O–H groups in total. The number of hydrogen-bond acceptors (Lipinski definition) is 4. The summed E-state index contributed by atoms with van der Waals surface area (Å²) >= 11 is 2.74. The average molecular weight is 307 g/mol. The van der Waals surface area contributed by atoms with Gasteiger partial charge in [-0.3, -0.25) is 4.79 Å². The molecule has 0 unspecified atom stereocenters. The molecule has 0 aliphatic heterocycles. The third-order valence-corrected chi connectivity index (χ3v) is 4.85. The topological polar surface area (TPSA) is 50.2 Å². The molecule has 2 rings (SSSR count). The van der Waals surface area contributed by atoms with Gasteiger partial charge in [0.15, 0.2) is 4.34 Å². The molecule has 106 valence electrons. The SMILES string of the molecule is CC(C)(C)c1ccc(-c2csc(SCC(=O)O)n2)cc1. The number of carbonyl (C=O) groups is 1. The van der Waals surface area contributed by atoms with Gasteiger partial charge >= 0.3 is 5.97 Å². The van der Waals surface area contributed by atoms with E-state index < -0.39 is 5.97 Å². The lowest BCUT2D eigenvalue weighted by molar-refractivity contribution is -0.133. The van der Waals surface area contributed by atoms with Gasteiger partial charge in [-0.05, 0) is 11.0 Å². The molecule has 0 bridgehead atoms. The summed E-state index contributed by atoms with van der Waals surface area (Å²) in [5.74, 6) is -0.767. The number of rotatable bonds is 4. The number of aromatic nitrogens is 1. The van der Waals surface area contributed by atoms with Crippen LogP contribution in [0.15, 0.2) is 34.0 Å². The van der Waals surface area contributed by atoms with Gasteiger partial charge in [0.1, 0.15) is 0 Å². The number of thiazole rings is 1. The summed E-state index contributed by atoms with van der Waals surface area (Å²) in [7, 11) is 0. The summed E-state index contributed by atoms with van der Waals surface area (Å²) in [6, 6.07) is 8.39. The van der Waals surface area contributed by atoms with Crippen LogP contribution in [-0.4, -0.2) is 21.8 Å². The Balaban J connectivity index is 2.14. The third kappa shape index (κ3) is 3.84. The number of hydrogen-bond donors (Lipinski definition) is 1. The van der Waals surface area contributed by atoms with Crippen LogP contribution in [0.1, 0.15) is 26.3 Å². The maximum absolute atomic E-state index is 10.5. The van der Waals surface area contributed by atoms with Crippen LogP contribution in [-0.2, 0) is 10.2 Å². The van der Waals surface area contributed by atoms with Gasteiger partial charge in [-0.1, -0.05) is 56.8 Å². The highest BCUT2D eigenvalue weighted by Crippen LogP contribution is 2.30. The van der Waals surface area contributed by atoms with E-state index in [0.717, 1.165) is 15.6 Å². The van der Waals surface area contributed by atoms with E-state index in [1.165, 1.54) is 28.7 Å². The van der Waals surface area contributed by atoms with Gasteiger partial charge in [0.25, 0.3) is 0 Å². The summed E-state index contributed by atoms with van der Waals surface area (Å²) in [6.45, 7) is 6.56. The minimum absolute atomic E-state index is 0.0515. The highest BCUT2D eigenvalue weighted by molar-refractivity contribution is 8.01. The monoisotopic (exact) mass is 307 g/mol. The standard InChI is InChI=1S/C15H17NO2S2/c1-15(2,3)11-6-4-10(5-7-11)12-8-19-14(16-12)20-9-13(17)18/h4-8H,9H2,1-3H3,(H,17,18). The van der Waals surface area contributed by atoms with Crippen LogP contribution < -0.4 is 0 Å². The normalized spacial score (nSPS) is 11.6. The van der Waals surface area contributed by atoms with Crippen molar-refractivity contribution in [2.75, 3.05) is 5.75 Å². The highest BCUT2D eigenvalue weighted by Gasteiger charge is 2.13. The first-order valence-electron chi connectivity index (χ1n) is 6.27. The van der Waals surface area contributed by atoms with Crippen molar-refractivity contribution >= 4 is 29.1 Å². The van der Waals surface area contributed by atoms with Gasteiger partial charge in [0.2, 0.25) is 0 Å². The van der Waals surface area contributed by atoms with E-state index in [0.29, 0.717) is 0 Å². The molecule has 1 aromatic heterocycles. The molecule has 0 aliphatic carbocycles. The third-order valence-electron chi connectivity index (χ3n) is 2.85. The zero-order valence-corrected chi connectivity index (χ0v) is 13.3. The molecule has 0 spiro atoms. The van der Waals surface area contributed by atoms with Crippen LogP contribution in [0, 0.1) is 0 Å². The molecule has 0 saturated heterocycles. The van der Waals surface area contributed by atoms with Crippen molar-refractivity contribution in [3.8, 4) is 11.3 Å². The van der Waals surface area contributed by atoms with Crippen LogP contribution in [0.2, 0.25) is 0 Å². The van der Waals surface area contributed by atoms with Crippen LogP contribution in [0.25, 0.3) is 11.3 Å². The molecular weight excluding hydrogens is 290 g/mol. The van der Waals surface area contributed by atoms with Crippen molar-refractivity contribution in [1.82, 2.24) is 4.98 Å². The van der Waals surface area contributed by atoms with E-state index in [4.69, 9.17) is 5.11 Å². The summed E-state index contributed by atoms with van der Waals surface area (Å²) in [5.41, 5.74) is 3.40. The number of carboxylic acids is 1. The highest BCUT2D eigenvalue weighted by atomic mass is 32.2. The van der Waals surface area contributed by atoms with Crippen molar-refractivity contribution in [2.24, 2.45) is 0 Å². The lowest BCUT2D eigenvalue weighted by atomic mass is 9.86. The molecule has 0 saturated carbocycles. The zero-order valence-electron chi connectivity index (χ0n) is 11.7. The van der Waals surface area contributed by atoms with Gasteiger partial charge < -0.3 is 5.11 Å². The van der Waals surface area contributed by atoms with Crippen molar-refractivity contribution in [2.45, 2.75) is 30.5 Å². The lowest BCUT2D eigenvalue weighted by Gasteiger charge is -2.18. The number of aliphatic carboxylic acids is 1. The van der Waals surface area contributed by atoms with Gasteiger partial charge in [0, 0.05) is 10.9 Å². The number of thioether (sulfide) groups is 1. The second kappa shape index (κ2) is 5.97. The molecule has 3 nitrogen and oxygen atoms in total. The van der Waals surface area contributed by atoms with E-state index in [2.05, 4.69) is 50.0 Å². The summed E-state index contributed by atoms with van der Waals surface area (Å²) < 4.78 is 0.794. The molecular formula is C15H17NO2S2. The van der Waals surface area contributed by atoms with Gasteiger partial charge in [0.05, 0.1) is 11.4 Å². The lowest BCUT2D eigenvalue weighted by Crippen LogP contribution is -2.10. The summed E-state index contributed by atoms with van der Waals surface area (Å²) in [5, 5.41) is 10.6. The molecule has 20 heavy (non-hydrogen) atoms. The number of benzene rings is 1. The molecule has 0 aliphatic rings. The number of carboxylic acid groups (broad SMARTS) is 1. The fraction of sp³-hybridized carbons (Fsp3) is 0.333. The average Bonchev–Trinajstić information content (AvgIpc) is 2.84. The maximum Gasteiger partial charge on any atom is 0.313 e. The predicted octanol–water partition coefficient (Wildman–Crippen LogP) is 4.28. The van der Waals surface area contributed by atoms with Crippen LogP contribution in [0.3, 0.4) is 0 Å². The zero-order chi connectivity index (χ0) is 14.8. The van der Waals surface area contributed by atoms with Crippen molar-refractivity contribution in [3.63, 3.8) is 0 Å². The molecule has 1 aromatic carbocycles. The first-order valence-corrected chi connectivity index (χ1v) is 8.14. The summed E-state index contributed by atoms with van der Waals surface area (Å²) in [4.78, 5) is 15.0. The van der Waals surface area contributed by atoms with Crippen LogP contribution in [0.5, 0.6) is 0 Å². The van der Waals surface area contributed by atoms with Gasteiger partial charge in [-0.2, -0.15) is 0 Å². The van der Waals surface area contributed by atoms with E-state index in [-0.39, 0.29) is 11.2 Å². The Kier molecular flexibility index (Phi) is 4.50. The molecule has 0 fully saturated rings. The fourth-order valence-electron chi connectivity index (χ4n) is 1.72. The van der Waals surface area contributed by atoms with Crippen molar-refractivity contribution < 1.29 is 9.90 Å². The Morgan fingerprint density at radius 3 is 2.50 bits per heavy atom. The Bertz CT molecular complexity index is 597. The molecule has 5 heteroatoms. The van der Waals surface area contributed by atoms with E-state index in [9.17, 15) is 4.79 Å². The molecule has 0 amide bonds. The second-order valence-corrected chi connectivity index (χ2v) is 7.59. The predicted molar refractivity (Wildman–Crippen MR) is 84.6 cm³/mol. The molecule has 0 atom stereocenters. The van der Waals surface area contributed by atoms with Crippen molar-refractivity contribution in [3.05, 3.63) is 35.2 Å².